The summed E-state index contributed by atoms with van der Waals surface area (Å²) in [5.41, 5.74) is -0.0656. The second-order valence-corrected chi connectivity index (χ2v) is 6.57. The molecule has 0 aliphatic carbocycles. The lowest BCUT2D eigenvalue weighted by molar-refractivity contribution is -0.182. The Bertz CT molecular complexity index is 427. The van der Waals surface area contributed by atoms with Crippen molar-refractivity contribution in [1.82, 2.24) is 14.5 Å². The van der Waals surface area contributed by atoms with Crippen molar-refractivity contribution >= 4 is 0 Å². The fraction of sp³-hybridized carbons (Fsp3) is 0.812. The minimum Gasteiger partial charge on any atom is -0.393 e. The molecule has 3 heterocycles. The number of piperidine rings is 1. The first-order valence-electron chi connectivity index (χ1n) is 8.23. The molecule has 1 spiro atoms. The molecule has 1 N–H and O–H groups in total. The first kappa shape index (κ1) is 15.0. The van der Waals surface area contributed by atoms with E-state index < -0.39 is 0 Å². The zero-order valence-electron chi connectivity index (χ0n) is 12.9. The second-order valence-electron chi connectivity index (χ2n) is 6.57. The standard InChI is InChI=1S/C16H27N3O2/c1-2-15-11-14(20)12-16(21-15)3-6-18(7-4-16)9-10-19-8-5-17-13-19/h5,8,13-15,20H,2-4,6-7,9-12H2,1H3/t14-,15+/m1/s1. The Morgan fingerprint density at radius 2 is 2.14 bits per heavy atom. The van der Waals surface area contributed by atoms with E-state index in [1.165, 1.54) is 0 Å². The number of imidazole rings is 1. The Balaban J connectivity index is 1.49. The normalized spacial score (nSPS) is 29.8. The van der Waals surface area contributed by atoms with Gasteiger partial charge in [-0.2, -0.15) is 0 Å². The Morgan fingerprint density at radius 3 is 2.81 bits per heavy atom. The van der Waals surface area contributed by atoms with Gasteiger partial charge in [0.1, 0.15) is 0 Å². The number of aliphatic hydroxyl groups is 1. The largest absolute Gasteiger partial charge is 0.393 e. The first-order valence-corrected chi connectivity index (χ1v) is 8.23. The van der Waals surface area contributed by atoms with Crippen molar-refractivity contribution in [1.29, 1.82) is 0 Å². The lowest BCUT2D eigenvalue weighted by Crippen LogP contribution is -2.53. The zero-order chi connectivity index (χ0) is 14.7. The van der Waals surface area contributed by atoms with Crippen LogP contribution in [0.1, 0.15) is 39.0 Å². The fourth-order valence-corrected chi connectivity index (χ4v) is 3.70. The van der Waals surface area contributed by atoms with Crippen molar-refractivity contribution in [3.05, 3.63) is 18.7 Å². The van der Waals surface area contributed by atoms with Gasteiger partial charge in [0.15, 0.2) is 0 Å². The highest BCUT2D eigenvalue weighted by Crippen LogP contribution is 2.38. The van der Waals surface area contributed by atoms with E-state index in [4.69, 9.17) is 4.74 Å². The molecule has 0 radical (unpaired) electrons. The third-order valence-corrected chi connectivity index (χ3v) is 5.02. The van der Waals surface area contributed by atoms with Crippen LogP contribution in [-0.2, 0) is 11.3 Å². The maximum Gasteiger partial charge on any atom is 0.0946 e. The predicted molar refractivity (Wildman–Crippen MR) is 81.0 cm³/mol. The lowest BCUT2D eigenvalue weighted by atomic mass is 9.81. The average Bonchev–Trinajstić information content (AvgIpc) is 2.99. The summed E-state index contributed by atoms with van der Waals surface area (Å²) in [6, 6.07) is 0. The number of aromatic nitrogens is 2. The molecule has 0 unspecified atom stereocenters. The number of hydrogen-bond acceptors (Lipinski definition) is 4. The summed E-state index contributed by atoms with van der Waals surface area (Å²) in [7, 11) is 0. The quantitative estimate of drug-likeness (QED) is 0.917. The molecule has 5 heteroatoms. The van der Waals surface area contributed by atoms with Gasteiger partial charge >= 0.3 is 0 Å². The SMILES string of the molecule is CC[C@H]1C[C@@H](O)CC2(CCN(CCn3ccnc3)CC2)O1. The number of hydrogen-bond donors (Lipinski definition) is 1. The average molecular weight is 293 g/mol. The summed E-state index contributed by atoms with van der Waals surface area (Å²) in [5.74, 6) is 0. The number of nitrogens with zero attached hydrogens (tertiary/aromatic N) is 3. The van der Waals surface area contributed by atoms with Gasteiger partial charge in [0.25, 0.3) is 0 Å². The Morgan fingerprint density at radius 1 is 1.33 bits per heavy atom. The molecule has 3 rings (SSSR count). The zero-order valence-corrected chi connectivity index (χ0v) is 12.9. The highest BCUT2D eigenvalue weighted by Gasteiger charge is 2.42. The van der Waals surface area contributed by atoms with Crippen LogP contribution < -0.4 is 0 Å². The minimum atomic E-state index is -0.179. The number of likely N-dealkylation sites (tertiary alicyclic amines) is 1. The van der Waals surface area contributed by atoms with Gasteiger partial charge in [0.05, 0.1) is 24.1 Å². The van der Waals surface area contributed by atoms with Gasteiger partial charge in [0.2, 0.25) is 0 Å². The Kier molecular flexibility index (Phi) is 4.62. The highest BCUT2D eigenvalue weighted by molar-refractivity contribution is 4.94. The van der Waals surface area contributed by atoms with E-state index in [-0.39, 0.29) is 17.8 Å². The number of aliphatic hydroxyl groups excluding tert-OH is 1. The second kappa shape index (κ2) is 6.46. The van der Waals surface area contributed by atoms with Crippen LogP contribution in [-0.4, -0.2) is 57.0 Å². The molecule has 2 atom stereocenters. The maximum atomic E-state index is 10.1. The van der Waals surface area contributed by atoms with Crippen LogP contribution in [0.25, 0.3) is 0 Å². The molecule has 2 saturated heterocycles. The Labute approximate surface area is 126 Å². The topological polar surface area (TPSA) is 50.5 Å². The summed E-state index contributed by atoms with van der Waals surface area (Å²) in [4.78, 5) is 6.57. The van der Waals surface area contributed by atoms with E-state index in [9.17, 15) is 5.11 Å². The molecule has 0 saturated carbocycles. The summed E-state index contributed by atoms with van der Waals surface area (Å²) in [6.45, 7) is 6.34. The number of rotatable bonds is 4. The molecule has 2 aliphatic rings. The van der Waals surface area contributed by atoms with Gasteiger partial charge in [-0.3, -0.25) is 0 Å². The summed E-state index contributed by atoms with van der Waals surface area (Å²) >= 11 is 0. The van der Waals surface area contributed by atoms with Crippen LogP contribution in [0.2, 0.25) is 0 Å². The van der Waals surface area contributed by atoms with E-state index in [1.54, 1.807) is 0 Å². The van der Waals surface area contributed by atoms with Crippen LogP contribution in [0.3, 0.4) is 0 Å². The first-order chi connectivity index (χ1) is 10.2. The number of ether oxygens (including phenoxy) is 1. The van der Waals surface area contributed by atoms with Crippen molar-refractivity contribution in [2.75, 3.05) is 19.6 Å². The van der Waals surface area contributed by atoms with E-state index in [1.807, 2.05) is 18.7 Å². The summed E-state index contributed by atoms with van der Waals surface area (Å²) < 4.78 is 8.45. The van der Waals surface area contributed by atoms with Crippen LogP contribution >= 0.6 is 0 Å². The van der Waals surface area contributed by atoms with Crippen molar-refractivity contribution < 1.29 is 9.84 Å². The molecule has 5 nitrogen and oxygen atoms in total. The monoisotopic (exact) mass is 293 g/mol. The molecule has 0 amide bonds. The maximum absolute atomic E-state index is 10.1. The van der Waals surface area contributed by atoms with Crippen LogP contribution in [0.15, 0.2) is 18.7 Å². The molecular weight excluding hydrogens is 266 g/mol. The van der Waals surface area contributed by atoms with Gasteiger partial charge in [-0.05, 0) is 25.7 Å². The molecule has 0 aromatic carbocycles. The van der Waals surface area contributed by atoms with Gasteiger partial charge in [-0.25, -0.2) is 4.98 Å². The van der Waals surface area contributed by atoms with Gasteiger partial charge in [0, 0.05) is 45.0 Å². The molecule has 2 fully saturated rings. The molecule has 0 bridgehead atoms. The van der Waals surface area contributed by atoms with Crippen molar-refractivity contribution in [3.8, 4) is 0 Å². The van der Waals surface area contributed by atoms with Crippen molar-refractivity contribution in [3.63, 3.8) is 0 Å². The van der Waals surface area contributed by atoms with Gasteiger partial charge in [-0.15, -0.1) is 0 Å². The third-order valence-electron chi connectivity index (χ3n) is 5.02. The molecular formula is C16H27N3O2. The van der Waals surface area contributed by atoms with E-state index in [0.717, 1.165) is 58.3 Å². The van der Waals surface area contributed by atoms with Crippen LogP contribution in [0.4, 0.5) is 0 Å². The van der Waals surface area contributed by atoms with Crippen LogP contribution in [0.5, 0.6) is 0 Å². The van der Waals surface area contributed by atoms with Gasteiger partial charge in [-0.1, -0.05) is 6.92 Å². The van der Waals surface area contributed by atoms with E-state index in [0.29, 0.717) is 0 Å². The molecule has 118 valence electrons. The molecule has 1 aromatic heterocycles. The smallest absolute Gasteiger partial charge is 0.0946 e. The summed E-state index contributed by atoms with van der Waals surface area (Å²) in [5, 5.41) is 10.1. The van der Waals surface area contributed by atoms with Crippen molar-refractivity contribution in [2.24, 2.45) is 0 Å². The van der Waals surface area contributed by atoms with Crippen LogP contribution in [0, 0.1) is 0 Å². The predicted octanol–water partition coefficient (Wildman–Crippen LogP) is 1.67. The minimum absolute atomic E-state index is 0.0656. The van der Waals surface area contributed by atoms with E-state index >= 15 is 0 Å². The molecule has 1 aromatic rings. The summed E-state index contributed by atoms with van der Waals surface area (Å²) in [6.07, 6.45) is 10.5. The van der Waals surface area contributed by atoms with E-state index in [2.05, 4.69) is 21.4 Å². The highest BCUT2D eigenvalue weighted by atomic mass is 16.5. The Hall–Kier alpha value is -0.910. The molecule has 21 heavy (non-hydrogen) atoms. The third kappa shape index (κ3) is 3.65. The fourth-order valence-electron chi connectivity index (χ4n) is 3.70. The lowest BCUT2D eigenvalue weighted by Gasteiger charge is -2.48. The molecule has 2 aliphatic heterocycles. The van der Waals surface area contributed by atoms with Crippen molar-refractivity contribution in [2.45, 2.75) is 63.4 Å². The van der Waals surface area contributed by atoms with Gasteiger partial charge < -0.3 is 19.3 Å².